The standard InChI is InChI=1S/C18H18N6O/c25-18(14-9-15(11-19-10-14)24-8-7-22-23-24)21-12-17-16-4-2-1-3-13(16)5-6-20-17/h1-4,7-11,17,20H,5-6,12H2,(H,21,25). The van der Waals surface area contributed by atoms with Crippen LogP contribution in [0.2, 0.25) is 0 Å². The number of amides is 1. The van der Waals surface area contributed by atoms with Crippen LogP contribution in [0.15, 0.2) is 55.1 Å². The highest BCUT2D eigenvalue weighted by Crippen LogP contribution is 2.22. The largest absolute Gasteiger partial charge is 0.350 e. The molecule has 0 saturated heterocycles. The van der Waals surface area contributed by atoms with Gasteiger partial charge in [-0.2, -0.15) is 0 Å². The zero-order valence-electron chi connectivity index (χ0n) is 13.6. The summed E-state index contributed by atoms with van der Waals surface area (Å²) in [5.41, 5.74) is 3.79. The molecule has 0 saturated carbocycles. The first-order chi connectivity index (χ1) is 12.3. The molecule has 0 aliphatic carbocycles. The first kappa shape index (κ1) is 15.5. The number of pyridine rings is 1. The molecule has 2 aromatic heterocycles. The molecule has 0 radical (unpaired) electrons. The summed E-state index contributed by atoms with van der Waals surface area (Å²) in [5.74, 6) is -0.153. The average molecular weight is 334 g/mol. The van der Waals surface area contributed by atoms with E-state index >= 15 is 0 Å². The van der Waals surface area contributed by atoms with Crippen molar-refractivity contribution in [3.8, 4) is 5.69 Å². The Labute approximate surface area is 145 Å². The molecule has 1 unspecified atom stereocenters. The van der Waals surface area contributed by atoms with Gasteiger partial charge in [0.25, 0.3) is 5.91 Å². The Balaban J connectivity index is 1.46. The molecule has 1 amide bonds. The normalized spacial score (nSPS) is 16.2. The van der Waals surface area contributed by atoms with Gasteiger partial charge < -0.3 is 10.6 Å². The summed E-state index contributed by atoms with van der Waals surface area (Å²) in [5, 5.41) is 14.1. The van der Waals surface area contributed by atoms with Gasteiger partial charge in [0.1, 0.15) is 0 Å². The second kappa shape index (κ2) is 6.82. The first-order valence-corrected chi connectivity index (χ1v) is 8.22. The van der Waals surface area contributed by atoms with Crippen LogP contribution < -0.4 is 10.6 Å². The van der Waals surface area contributed by atoms with Crippen LogP contribution in [-0.2, 0) is 6.42 Å². The monoisotopic (exact) mass is 334 g/mol. The molecule has 0 fully saturated rings. The van der Waals surface area contributed by atoms with Crippen LogP contribution in [-0.4, -0.2) is 39.0 Å². The van der Waals surface area contributed by atoms with E-state index in [1.54, 1.807) is 35.5 Å². The van der Waals surface area contributed by atoms with E-state index in [4.69, 9.17) is 0 Å². The number of nitrogens with zero attached hydrogens (tertiary/aromatic N) is 4. The summed E-state index contributed by atoms with van der Waals surface area (Å²) in [6.07, 6.45) is 7.51. The van der Waals surface area contributed by atoms with Gasteiger partial charge in [-0.15, -0.1) is 5.10 Å². The van der Waals surface area contributed by atoms with Crippen LogP contribution in [0.1, 0.15) is 27.5 Å². The predicted molar refractivity (Wildman–Crippen MR) is 92.4 cm³/mol. The lowest BCUT2D eigenvalue weighted by molar-refractivity contribution is 0.0948. The number of nitrogens with one attached hydrogen (secondary N) is 2. The third kappa shape index (κ3) is 3.27. The summed E-state index contributed by atoms with van der Waals surface area (Å²) >= 11 is 0. The Morgan fingerprint density at radius 3 is 3.12 bits per heavy atom. The number of fused-ring (bicyclic) bond motifs is 1. The minimum atomic E-state index is -0.153. The van der Waals surface area contributed by atoms with E-state index in [1.165, 1.54) is 11.1 Å². The molecule has 126 valence electrons. The SMILES string of the molecule is O=C(NCC1NCCc2ccccc21)c1cncc(-n2ccnn2)c1. The van der Waals surface area contributed by atoms with Crippen molar-refractivity contribution in [3.05, 3.63) is 71.8 Å². The molecular weight excluding hydrogens is 316 g/mol. The fourth-order valence-corrected chi connectivity index (χ4v) is 3.09. The van der Waals surface area contributed by atoms with Crippen LogP contribution in [0.5, 0.6) is 0 Å². The number of carbonyl (C=O) groups is 1. The molecule has 3 heterocycles. The van der Waals surface area contributed by atoms with E-state index < -0.39 is 0 Å². The summed E-state index contributed by atoms with van der Waals surface area (Å²) in [4.78, 5) is 16.6. The van der Waals surface area contributed by atoms with Crippen molar-refractivity contribution in [2.24, 2.45) is 0 Å². The van der Waals surface area contributed by atoms with Crippen LogP contribution in [0.4, 0.5) is 0 Å². The van der Waals surface area contributed by atoms with Gasteiger partial charge in [-0.25, -0.2) is 4.68 Å². The summed E-state index contributed by atoms with van der Waals surface area (Å²) < 4.78 is 1.57. The second-order valence-electron chi connectivity index (χ2n) is 5.94. The maximum atomic E-state index is 12.5. The molecule has 4 rings (SSSR count). The van der Waals surface area contributed by atoms with Gasteiger partial charge in [0.05, 0.1) is 29.8 Å². The Hall–Kier alpha value is -3.06. The van der Waals surface area contributed by atoms with Gasteiger partial charge in [-0.05, 0) is 30.2 Å². The van der Waals surface area contributed by atoms with Gasteiger partial charge >= 0.3 is 0 Å². The van der Waals surface area contributed by atoms with E-state index in [2.05, 4.69) is 44.1 Å². The highest BCUT2D eigenvalue weighted by Gasteiger charge is 2.20. The quantitative estimate of drug-likeness (QED) is 0.751. The third-order valence-corrected chi connectivity index (χ3v) is 4.36. The van der Waals surface area contributed by atoms with Crippen molar-refractivity contribution in [1.29, 1.82) is 0 Å². The van der Waals surface area contributed by atoms with Gasteiger partial charge in [0.15, 0.2) is 0 Å². The van der Waals surface area contributed by atoms with Gasteiger partial charge in [-0.1, -0.05) is 29.5 Å². The fourth-order valence-electron chi connectivity index (χ4n) is 3.09. The third-order valence-electron chi connectivity index (χ3n) is 4.36. The molecule has 7 nitrogen and oxygen atoms in total. The zero-order valence-corrected chi connectivity index (χ0v) is 13.6. The lowest BCUT2D eigenvalue weighted by Gasteiger charge is -2.27. The smallest absolute Gasteiger partial charge is 0.252 e. The molecule has 1 aliphatic heterocycles. The molecule has 0 bridgehead atoms. The molecule has 25 heavy (non-hydrogen) atoms. The highest BCUT2D eigenvalue weighted by atomic mass is 16.1. The average Bonchev–Trinajstić information content (AvgIpc) is 3.21. The number of aromatic nitrogens is 4. The fraction of sp³-hybridized carbons (Fsp3) is 0.222. The van der Waals surface area contributed by atoms with Crippen molar-refractivity contribution >= 4 is 5.91 Å². The van der Waals surface area contributed by atoms with Crippen LogP contribution in [0.3, 0.4) is 0 Å². The number of carbonyl (C=O) groups excluding carboxylic acids is 1. The molecule has 7 heteroatoms. The van der Waals surface area contributed by atoms with E-state index in [-0.39, 0.29) is 11.9 Å². The molecular formula is C18H18N6O. The van der Waals surface area contributed by atoms with E-state index in [0.29, 0.717) is 17.8 Å². The summed E-state index contributed by atoms with van der Waals surface area (Å²) in [6, 6.07) is 10.2. The lowest BCUT2D eigenvalue weighted by Crippen LogP contribution is -2.38. The molecule has 0 spiro atoms. The maximum Gasteiger partial charge on any atom is 0.252 e. The van der Waals surface area contributed by atoms with Crippen LogP contribution in [0.25, 0.3) is 5.69 Å². The van der Waals surface area contributed by atoms with E-state index in [9.17, 15) is 4.79 Å². The summed E-state index contributed by atoms with van der Waals surface area (Å²) in [6.45, 7) is 1.45. The molecule has 3 aromatic rings. The minimum Gasteiger partial charge on any atom is -0.350 e. The van der Waals surface area contributed by atoms with Crippen LogP contribution >= 0.6 is 0 Å². The minimum absolute atomic E-state index is 0.125. The van der Waals surface area contributed by atoms with Crippen LogP contribution in [0, 0.1) is 0 Å². The number of rotatable bonds is 4. The highest BCUT2D eigenvalue weighted by molar-refractivity contribution is 5.94. The van der Waals surface area contributed by atoms with E-state index in [1.807, 2.05) is 6.07 Å². The maximum absolute atomic E-state index is 12.5. The topological polar surface area (TPSA) is 84.7 Å². The molecule has 2 N–H and O–H groups in total. The Bertz CT molecular complexity index is 877. The summed E-state index contributed by atoms with van der Waals surface area (Å²) in [7, 11) is 0. The Morgan fingerprint density at radius 1 is 1.32 bits per heavy atom. The number of hydrogen-bond donors (Lipinski definition) is 2. The predicted octanol–water partition coefficient (Wildman–Crippen LogP) is 1.28. The number of hydrogen-bond acceptors (Lipinski definition) is 5. The first-order valence-electron chi connectivity index (χ1n) is 8.22. The number of benzene rings is 1. The van der Waals surface area contributed by atoms with Crippen molar-refractivity contribution in [2.75, 3.05) is 13.1 Å². The van der Waals surface area contributed by atoms with Gasteiger partial charge in [0, 0.05) is 18.8 Å². The Morgan fingerprint density at radius 2 is 2.24 bits per heavy atom. The van der Waals surface area contributed by atoms with Crippen molar-refractivity contribution in [1.82, 2.24) is 30.6 Å². The zero-order chi connectivity index (χ0) is 17.1. The molecule has 1 atom stereocenters. The van der Waals surface area contributed by atoms with Crippen molar-refractivity contribution in [3.63, 3.8) is 0 Å². The molecule has 1 aromatic carbocycles. The van der Waals surface area contributed by atoms with Crippen molar-refractivity contribution in [2.45, 2.75) is 12.5 Å². The van der Waals surface area contributed by atoms with Gasteiger partial charge in [0.2, 0.25) is 0 Å². The second-order valence-corrected chi connectivity index (χ2v) is 5.94. The molecule has 1 aliphatic rings. The van der Waals surface area contributed by atoms with E-state index in [0.717, 1.165) is 13.0 Å². The van der Waals surface area contributed by atoms with Crippen molar-refractivity contribution < 1.29 is 4.79 Å². The Kier molecular flexibility index (Phi) is 4.22. The lowest BCUT2D eigenvalue weighted by atomic mass is 9.94. The van der Waals surface area contributed by atoms with Gasteiger partial charge in [-0.3, -0.25) is 9.78 Å².